The van der Waals surface area contributed by atoms with E-state index in [4.69, 9.17) is 11.1 Å². The Morgan fingerprint density at radius 1 is 1.35 bits per heavy atom. The molecule has 5 nitrogen and oxygen atoms in total. The van der Waals surface area contributed by atoms with Crippen molar-refractivity contribution in [3.8, 4) is 0 Å². The average Bonchev–Trinajstić information content (AvgIpc) is 2.26. The molecule has 1 aromatic carbocycles. The lowest BCUT2D eigenvalue weighted by molar-refractivity contribution is 0.435. The van der Waals surface area contributed by atoms with Crippen LogP contribution in [-0.2, 0) is 10.0 Å². The molecule has 0 aromatic heterocycles. The number of benzene rings is 1. The quantitative estimate of drug-likeness (QED) is 0.620. The fourth-order valence-electron chi connectivity index (χ4n) is 2.13. The van der Waals surface area contributed by atoms with Gasteiger partial charge < -0.3 is 5.73 Å². The van der Waals surface area contributed by atoms with E-state index in [1.807, 2.05) is 0 Å². The van der Waals surface area contributed by atoms with Crippen molar-refractivity contribution in [2.75, 3.05) is 13.1 Å². The summed E-state index contributed by atoms with van der Waals surface area (Å²) in [6, 6.07) is 2.41. The average molecular weight is 301 g/mol. The van der Waals surface area contributed by atoms with Gasteiger partial charge in [-0.2, -0.15) is 4.31 Å². The van der Waals surface area contributed by atoms with E-state index in [9.17, 15) is 12.8 Å². The highest BCUT2D eigenvalue weighted by molar-refractivity contribution is 7.89. The van der Waals surface area contributed by atoms with Crippen molar-refractivity contribution in [3.05, 3.63) is 29.1 Å². The maximum Gasteiger partial charge on any atom is 0.243 e. The zero-order valence-electron chi connectivity index (χ0n) is 11.9. The second-order valence-electron chi connectivity index (χ2n) is 4.64. The van der Waals surface area contributed by atoms with Crippen LogP contribution in [0.25, 0.3) is 0 Å². The van der Waals surface area contributed by atoms with E-state index in [-0.39, 0.29) is 30.2 Å². The minimum atomic E-state index is -3.71. The van der Waals surface area contributed by atoms with Gasteiger partial charge in [-0.05, 0) is 37.1 Å². The molecule has 0 fully saturated rings. The standard InChI is InChI=1S/C13H20FN3O2S/c1-4-17(6-5-12(15)16)20(18,19)13-9(2)7-11(14)8-10(13)3/h7-8H,4-6H2,1-3H3,(H3,15,16). The molecule has 1 aromatic rings. The van der Waals surface area contributed by atoms with Crippen molar-refractivity contribution in [1.82, 2.24) is 4.31 Å². The molecule has 3 N–H and O–H groups in total. The van der Waals surface area contributed by atoms with Gasteiger partial charge in [0.05, 0.1) is 10.7 Å². The topological polar surface area (TPSA) is 87.2 Å². The largest absolute Gasteiger partial charge is 0.388 e. The van der Waals surface area contributed by atoms with Crippen molar-refractivity contribution in [2.45, 2.75) is 32.1 Å². The summed E-state index contributed by atoms with van der Waals surface area (Å²) in [6.45, 7) is 5.27. The summed E-state index contributed by atoms with van der Waals surface area (Å²) in [4.78, 5) is 0.129. The zero-order valence-corrected chi connectivity index (χ0v) is 12.7. The fourth-order valence-corrected chi connectivity index (χ4v) is 3.99. The summed E-state index contributed by atoms with van der Waals surface area (Å²) >= 11 is 0. The molecular formula is C13H20FN3O2S. The lowest BCUT2D eigenvalue weighted by Crippen LogP contribution is -2.34. The normalized spacial score (nSPS) is 11.8. The molecule has 20 heavy (non-hydrogen) atoms. The molecular weight excluding hydrogens is 281 g/mol. The van der Waals surface area contributed by atoms with Gasteiger partial charge in [0.15, 0.2) is 0 Å². The third-order valence-corrected chi connectivity index (χ3v) is 5.29. The number of amidine groups is 1. The van der Waals surface area contributed by atoms with Gasteiger partial charge in [-0.1, -0.05) is 6.92 Å². The minimum Gasteiger partial charge on any atom is -0.388 e. The Bertz CT molecular complexity index is 591. The Balaban J connectivity index is 3.24. The van der Waals surface area contributed by atoms with Crippen LogP contribution in [0.3, 0.4) is 0 Å². The summed E-state index contributed by atoms with van der Waals surface area (Å²) < 4.78 is 39.8. The lowest BCUT2D eigenvalue weighted by atomic mass is 10.1. The molecule has 0 heterocycles. The maximum absolute atomic E-state index is 13.3. The van der Waals surface area contributed by atoms with Crippen molar-refractivity contribution in [2.24, 2.45) is 5.73 Å². The van der Waals surface area contributed by atoms with E-state index in [2.05, 4.69) is 0 Å². The number of halogens is 1. The smallest absolute Gasteiger partial charge is 0.243 e. The number of nitrogens with zero attached hydrogens (tertiary/aromatic N) is 1. The molecule has 7 heteroatoms. The Kier molecular flexibility index (Phi) is 5.24. The van der Waals surface area contributed by atoms with E-state index in [0.717, 1.165) is 0 Å². The van der Waals surface area contributed by atoms with Gasteiger partial charge in [0.25, 0.3) is 0 Å². The van der Waals surface area contributed by atoms with Crippen LogP contribution in [0.1, 0.15) is 24.5 Å². The molecule has 0 atom stereocenters. The molecule has 0 bridgehead atoms. The van der Waals surface area contributed by atoms with Crippen LogP contribution in [0.5, 0.6) is 0 Å². The molecule has 0 spiro atoms. The number of nitrogens with one attached hydrogen (secondary N) is 1. The molecule has 112 valence electrons. The van der Waals surface area contributed by atoms with Crippen molar-refractivity contribution >= 4 is 15.9 Å². The highest BCUT2D eigenvalue weighted by Gasteiger charge is 2.26. The molecule has 1 rings (SSSR count). The first-order valence-corrected chi connectivity index (χ1v) is 7.74. The first-order chi connectivity index (χ1) is 9.20. The van der Waals surface area contributed by atoms with Gasteiger partial charge in [0.2, 0.25) is 10.0 Å². The molecule has 0 radical (unpaired) electrons. The number of hydrogen-bond donors (Lipinski definition) is 2. The fraction of sp³-hybridized carbons (Fsp3) is 0.462. The van der Waals surface area contributed by atoms with E-state index in [1.54, 1.807) is 20.8 Å². The predicted molar refractivity (Wildman–Crippen MR) is 76.8 cm³/mol. The van der Waals surface area contributed by atoms with Crippen LogP contribution in [0.2, 0.25) is 0 Å². The second kappa shape index (κ2) is 6.32. The Hall–Kier alpha value is -1.47. The van der Waals surface area contributed by atoms with E-state index >= 15 is 0 Å². The van der Waals surface area contributed by atoms with E-state index in [0.29, 0.717) is 11.1 Å². The number of sulfonamides is 1. The van der Waals surface area contributed by atoms with Crippen LogP contribution in [0.15, 0.2) is 17.0 Å². The van der Waals surface area contributed by atoms with Gasteiger partial charge in [0, 0.05) is 19.5 Å². The highest BCUT2D eigenvalue weighted by atomic mass is 32.2. The van der Waals surface area contributed by atoms with Gasteiger partial charge in [0.1, 0.15) is 5.82 Å². The molecule has 0 saturated heterocycles. The second-order valence-corrected chi connectivity index (χ2v) is 6.52. The van der Waals surface area contributed by atoms with E-state index < -0.39 is 15.8 Å². The number of rotatable bonds is 6. The summed E-state index contributed by atoms with van der Waals surface area (Å²) in [6.07, 6.45) is 0.173. The van der Waals surface area contributed by atoms with Crippen molar-refractivity contribution in [3.63, 3.8) is 0 Å². The summed E-state index contributed by atoms with van der Waals surface area (Å²) in [7, 11) is -3.71. The van der Waals surface area contributed by atoms with Crippen molar-refractivity contribution < 1.29 is 12.8 Å². The number of nitrogens with two attached hydrogens (primary N) is 1. The Morgan fingerprint density at radius 3 is 2.25 bits per heavy atom. The summed E-state index contributed by atoms with van der Waals surface area (Å²) in [5.74, 6) is -0.517. The summed E-state index contributed by atoms with van der Waals surface area (Å²) in [5, 5.41) is 7.19. The molecule has 0 aliphatic rings. The third-order valence-electron chi connectivity index (χ3n) is 3.01. The predicted octanol–water partition coefficient (Wildman–Crippen LogP) is 1.78. The molecule has 0 unspecified atom stereocenters. The van der Waals surface area contributed by atoms with Gasteiger partial charge in [-0.15, -0.1) is 0 Å². The van der Waals surface area contributed by atoms with Crippen molar-refractivity contribution in [1.29, 1.82) is 5.41 Å². The minimum absolute atomic E-state index is 0.0637. The van der Waals surface area contributed by atoms with Gasteiger partial charge in [-0.25, -0.2) is 12.8 Å². The van der Waals surface area contributed by atoms with Crippen LogP contribution in [-0.4, -0.2) is 31.6 Å². The van der Waals surface area contributed by atoms with Gasteiger partial charge >= 0.3 is 0 Å². The highest BCUT2D eigenvalue weighted by Crippen LogP contribution is 2.25. The van der Waals surface area contributed by atoms with Gasteiger partial charge in [-0.3, -0.25) is 5.41 Å². The molecule has 0 saturated carbocycles. The van der Waals surface area contributed by atoms with Crippen LogP contribution in [0, 0.1) is 25.1 Å². The van der Waals surface area contributed by atoms with E-state index in [1.165, 1.54) is 16.4 Å². The molecule has 0 aliphatic carbocycles. The monoisotopic (exact) mass is 301 g/mol. The first-order valence-electron chi connectivity index (χ1n) is 6.30. The number of aryl methyl sites for hydroxylation is 2. The molecule has 0 amide bonds. The van der Waals surface area contributed by atoms with Crippen LogP contribution >= 0.6 is 0 Å². The Labute approximate surface area is 119 Å². The molecule has 0 aliphatic heterocycles. The SMILES string of the molecule is CCN(CCC(=N)N)S(=O)(=O)c1c(C)cc(F)cc1C. The van der Waals surface area contributed by atoms with Crippen LogP contribution < -0.4 is 5.73 Å². The third kappa shape index (κ3) is 3.55. The first kappa shape index (κ1) is 16.6. The zero-order chi connectivity index (χ0) is 15.5. The Morgan fingerprint density at radius 2 is 1.85 bits per heavy atom. The number of hydrogen-bond acceptors (Lipinski definition) is 3. The van der Waals surface area contributed by atoms with Crippen LogP contribution in [0.4, 0.5) is 4.39 Å². The lowest BCUT2D eigenvalue weighted by Gasteiger charge is -2.22. The maximum atomic E-state index is 13.3. The summed E-state index contributed by atoms with van der Waals surface area (Å²) in [5.41, 5.74) is 6.03.